The van der Waals surface area contributed by atoms with Crippen molar-refractivity contribution < 1.29 is 4.74 Å². The van der Waals surface area contributed by atoms with E-state index < -0.39 is 0 Å². The van der Waals surface area contributed by atoms with Gasteiger partial charge in [-0.2, -0.15) is 4.98 Å². The maximum atomic E-state index is 5.08. The molecule has 5 heteroatoms. The van der Waals surface area contributed by atoms with Crippen molar-refractivity contribution in [2.24, 2.45) is 0 Å². The normalized spacial score (nSPS) is 10.2. The average molecular weight is 224 g/mol. The number of methoxy groups -OCH3 is 1. The first-order valence-corrected chi connectivity index (χ1v) is 5.48. The van der Waals surface area contributed by atoms with E-state index in [2.05, 4.69) is 27.1 Å². The molecule has 90 valence electrons. The van der Waals surface area contributed by atoms with E-state index in [9.17, 15) is 0 Å². The van der Waals surface area contributed by atoms with E-state index in [0.717, 1.165) is 24.6 Å². The number of hydrogen-bond acceptors (Lipinski definition) is 5. The second kappa shape index (κ2) is 6.27. The van der Waals surface area contributed by atoms with Crippen molar-refractivity contribution in [3.8, 4) is 0 Å². The summed E-state index contributed by atoms with van der Waals surface area (Å²) in [5.41, 5.74) is 0.963. The van der Waals surface area contributed by atoms with E-state index in [1.165, 1.54) is 0 Å². The molecule has 0 aliphatic rings. The Morgan fingerprint density at radius 2 is 2.19 bits per heavy atom. The maximum Gasteiger partial charge on any atom is 0.224 e. The summed E-state index contributed by atoms with van der Waals surface area (Å²) in [5, 5.41) is 2.96. The van der Waals surface area contributed by atoms with Crippen LogP contribution in [0, 0.1) is 6.92 Å². The van der Waals surface area contributed by atoms with Crippen LogP contribution in [-0.4, -0.2) is 43.8 Å². The first kappa shape index (κ1) is 12.7. The van der Waals surface area contributed by atoms with Crippen molar-refractivity contribution in [3.05, 3.63) is 11.8 Å². The quantitative estimate of drug-likeness (QED) is 0.789. The number of ether oxygens (including phenoxy) is 1. The summed E-state index contributed by atoms with van der Waals surface area (Å²) in [4.78, 5) is 10.9. The molecule has 1 aromatic heterocycles. The lowest BCUT2D eigenvalue weighted by Crippen LogP contribution is -2.28. The lowest BCUT2D eigenvalue weighted by Gasteiger charge is -2.22. The van der Waals surface area contributed by atoms with Crippen LogP contribution in [0.5, 0.6) is 0 Å². The van der Waals surface area contributed by atoms with Crippen molar-refractivity contribution >= 4 is 11.8 Å². The third kappa shape index (κ3) is 3.34. The second-order valence-electron chi connectivity index (χ2n) is 3.51. The molecule has 0 spiro atoms. The summed E-state index contributed by atoms with van der Waals surface area (Å²) < 4.78 is 5.08. The predicted molar refractivity (Wildman–Crippen MR) is 66.1 cm³/mol. The van der Waals surface area contributed by atoms with Gasteiger partial charge in [-0.15, -0.1) is 0 Å². The van der Waals surface area contributed by atoms with Gasteiger partial charge in [0.05, 0.1) is 6.61 Å². The van der Waals surface area contributed by atoms with Gasteiger partial charge in [0, 0.05) is 39.0 Å². The van der Waals surface area contributed by atoms with Crippen molar-refractivity contribution in [2.45, 2.75) is 13.8 Å². The molecule has 0 aliphatic heterocycles. The number of anilines is 2. The molecule has 1 rings (SSSR count). The number of aromatic nitrogens is 2. The zero-order valence-corrected chi connectivity index (χ0v) is 10.4. The van der Waals surface area contributed by atoms with Crippen LogP contribution in [0.3, 0.4) is 0 Å². The van der Waals surface area contributed by atoms with Gasteiger partial charge in [-0.05, 0) is 13.8 Å². The van der Waals surface area contributed by atoms with Gasteiger partial charge in [0.25, 0.3) is 0 Å². The van der Waals surface area contributed by atoms with Gasteiger partial charge in [0.15, 0.2) is 0 Å². The first-order valence-electron chi connectivity index (χ1n) is 5.48. The van der Waals surface area contributed by atoms with Crippen LogP contribution in [0.25, 0.3) is 0 Å². The summed E-state index contributed by atoms with van der Waals surface area (Å²) in [6.07, 6.45) is 0. The van der Waals surface area contributed by atoms with E-state index in [1.807, 2.05) is 20.0 Å². The Balaban J connectivity index is 2.86. The van der Waals surface area contributed by atoms with Crippen LogP contribution in [0.1, 0.15) is 12.6 Å². The van der Waals surface area contributed by atoms with Gasteiger partial charge in [-0.25, -0.2) is 4.98 Å². The highest BCUT2D eigenvalue weighted by Crippen LogP contribution is 2.14. The van der Waals surface area contributed by atoms with Crippen molar-refractivity contribution in [1.29, 1.82) is 0 Å². The summed E-state index contributed by atoms with van der Waals surface area (Å²) >= 11 is 0. The zero-order chi connectivity index (χ0) is 12.0. The van der Waals surface area contributed by atoms with Crippen LogP contribution in [0.4, 0.5) is 11.8 Å². The highest BCUT2D eigenvalue weighted by atomic mass is 16.5. The highest BCUT2D eigenvalue weighted by molar-refractivity contribution is 5.44. The molecular formula is C11H20N4O. The molecule has 1 heterocycles. The van der Waals surface area contributed by atoms with Crippen molar-refractivity contribution in [1.82, 2.24) is 9.97 Å². The molecule has 0 atom stereocenters. The molecular weight excluding hydrogens is 204 g/mol. The fourth-order valence-electron chi connectivity index (χ4n) is 1.46. The van der Waals surface area contributed by atoms with Crippen LogP contribution in [0.2, 0.25) is 0 Å². The number of hydrogen-bond donors (Lipinski definition) is 1. The fraction of sp³-hybridized carbons (Fsp3) is 0.636. The highest BCUT2D eigenvalue weighted by Gasteiger charge is 2.07. The van der Waals surface area contributed by atoms with Crippen molar-refractivity contribution in [3.63, 3.8) is 0 Å². The molecule has 0 saturated carbocycles. The molecule has 0 radical (unpaired) electrons. The molecule has 0 unspecified atom stereocenters. The Kier molecular flexibility index (Phi) is 4.98. The SMILES string of the molecule is CCN(CCOC)c1cc(C)nc(NC)n1. The molecule has 5 nitrogen and oxygen atoms in total. The van der Waals surface area contributed by atoms with Gasteiger partial charge >= 0.3 is 0 Å². The Morgan fingerprint density at radius 1 is 1.44 bits per heavy atom. The molecule has 1 N–H and O–H groups in total. The molecule has 0 aliphatic carbocycles. The summed E-state index contributed by atoms with van der Waals surface area (Å²) in [6.45, 7) is 6.52. The fourth-order valence-corrected chi connectivity index (χ4v) is 1.46. The number of aryl methyl sites for hydroxylation is 1. The average Bonchev–Trinajstić information content (AvgIpc) is 2.29. The summed E-state index contributed by atoms with van der Waals surface area (Å²) in [6, 6.07) is 1.99. The van der Waals surface area contributed by atoms with Crippen LogP contribution in [-0.2, 0) is 4.74 Å². The standard InChI is InChI=1S/C11H20N4O/c1-5-15(6-7-16-4)10-8-9(2)13-11(12-3)14-10/h8H,5-7H2,1-4H3,(H,12,13,14). The first-order chi connectivity index (χ1) is 7.71. The molecule has 1 aromatic rings. The minimum absolute atomic E-state index is 0.658. The molecule has 16 heavy (non-hydrogen) atoms. The largest absolute Gasteiger partial charge is 0.383 e. The lowest BCUT2D eigenvalue weighted by molar-refractivity contribution is 0.205. The van der Waals surface area contributed by atoms with E-state index in [4.69, 9.17) is 4.74 Å². The minimum Gasteiger partial charge on any atom is -0.383 e. The van der Waals surface area contributed by atoms with E-state index in [0.29, 0.717) is 12.6 Å². The molecule has 0 bridgehead atoms. The Hall–Kier alpha value is -1.36. The Morgan fingerprint density at radius 3 is 2.75 bits per heavy atom. The summed E-state index contributed by atoms with van der Waals surface area (Å²) in [5.74, 6) is 1.60. The predicted octanol–water partition coefficient (Wildman–Crippen LogP) is 1.30. The monoisotopic (exact) mass is 224 g/mol. The maximum absolute atomic E-state index is 5.08. The smallest absolute Gasteiger partial charge is 0.224 e. The van der Waals surface area contributed by atoms with E-state index in [-0.39, 0.29) is 0 Å². The minimum atomic E-state index is 0.658. The third-order valence-corrected chi connectivity index (χ3v) is 2.34. The second-order valence-corrected chi connectivity index (χ2v) is 3.51. The van der Waals surface area contributed by atoms with Crippen LogP contribution >= 0.6 is 0 Å². The molecule has 0 amide bonds. The molecule has 0 aromatic carbocycles. The zero-order valence-electron chi connectivity index (χ0n) is 10.4. The third-order valence-electron chi connectivity index (χ3n) is 2.34. The number of likely N-dealkylation sites (N-methyl/N-ethyl adjacent to an activating group) is 1. The lowest BCUT2D eigenvalue weighted by atomic mass is 10.4. The van der Waals surface area contributed by atoms with E-state index in [1.54, 1.807) is 7.11 Å². The van der Waals surface area contributed by atoms with Gasteiger partial charge in [0.2, 0.25) is 5.95 Å². The number of rotatable bonds is 6. The topological polar surface area (TPSA) is 50.3 Å². The van der Waals surface area contributed by atoms with Gasteiger partial charge in [0.1, 0.15) is 5.82 Å². The van der Waals surface area contributed by atoms with Crippen LogP contribution < -0.4 is 10.2 Å². The number of nitrogens with zero attached hydrogens (tertiary/aromatic N) is 3. The van der Waals surface area contributed by atoms with Gasteiger partial charge in [-0.3, -0.25) is 0 Å². The Bertz CT molecular complexity index is 330. The van der Waals surface area contributed by atoms with Crippen LogP contribution in [0.15, 0.2) is 6.07 Å². The van der Waals surface area contributed by atoms with Gasteiger partial charge < -0.3 is 15.0 Å². The van der Waals surface area contributed by atoms with Crippen molar-refractivity contribution in [2.75, 3.05) is 44.1 Å². The Labute approximate surface area is 96.8 Å². The molecule has 0 saturated heterocycles. The van der Waals surface area contributed by atoms with E-state index >= 15 is 0 Å². The van der Waals surface area contributed by atoms with Gasteiger partial charge in [-0.1, -0.05) is 0 Å². The molecule has 0 fully saturated rings. The number of nitrogens with one attached hydrogen (secondary N) is 1. The summed E-state index contributed by atoms with van der Waals surface area (Å²) in [7, 11) is 3.53.